The second-order valence-corrected chi connectivity index (χ2v) is 13.5. The largest absolute Gasteiger partial charge is 0.481 e. The maximum Gasteiger partial charge on any atom is 0.326 e. The molecule has 0 aliphatic carbocycles. The number of hydrogen-bond donors (Lipinski definition) is 7. The van der Waals surface area contributed by atoms with Gasteiger partial charge in [-0.3, -0.25) is 28.8 Å². The standard InChI is InChI=1S/C38H69N5O13/c1-30(44)31(39)14-12-13-19-40-35(47)28-55-26-25-54-23-21-42-36(48)29-56-27-24-53-22-20-41-33(45)18-17-32(38(51)52)43-34(46)15-10-8-6-4-2-3-5-7-9-11-16-37(49)50/h31-32H,2-29,39H2,1H3,(H,40,47)(H,41,45)(H,42,48)(H,43,46)(H,49,50)(H,51,52)/t31-,32-/m0/s1. The van der Waals surface area contributed by atoms with E-state index < -0.39 is 24.0 Å². The SMILES string of the molecule is CC(=O)[C@@H](N)CCCCNC(=O)COCCOCCNC(=O)COCCOCCNC(=O)CC[C@H](NC(=O)CCCCCCCCCCCCC(=O)O)C(=O)O. The van der Waals surface area contributed by atoms with Gasteiger partial charge in [-0.15, -0.1) is 0 Å². The van der Waals surface area contributed by atoms with Crippen molar-refractivity contribution in [1.29, 1.82) is 0 Å². The maximum absolute atomic E-state index is 12.2. The molecule has 0 heterocycles. The predicted octanol–water partition coefficient (Wildman–Crippen LogP) is 1.60. The Bertz CT molecular complexity index is 1110. The van der Waals surface area contributed by atoms with E-state index >= 15 is 0 Å². The Morgan fingerprint density at radius 2 is 0.964 bits per heavy atom. The number of rotatable bonds is 40. The quantitative estimate of drug-likeness (QED) is 0.0434. The number of carboxylic acids is 2. The summed E-state index contributed by atoms with van der Waals surface area (Å²) in [6, 6.07) is -1.60. The fourth-order valence-corrected chi connectivity index (χ4v) is 5.18. The highest BCUT2D eigenvalue weighted by Gasteiger charge is 2.20. The lowest BCUT2D eigenvalue weighted by molar-refractivity contribution is -0.142. The van der Waals surface area contributed by atoms with E-state index in [9.17, 15) is 38.7 Å². The van der Waals surface area contributed by atoms with E-state index in [1.165, 1.54) is 6.92 Å². The Hall–Kier alpha value is -3.71. The van der Waals surface area contributed by atoms with Gasteiger partial charge in [-0.1, -0.05) is 51.4 Å². The average molecular weight is 804 g/mol. The summed E-state index contributed by atoms with van der Waals surface area (Å²) in [5.41, 5.74) is 5.66. The van der Waals surface area contributed by atoms with Crippen LogP contribution in [-0.2, 0) is 52.5 Å². The molecule has 0 fully saturated rings. The van der Waals surface area contributed by atoms with Crippen LogP contribution in [0.5, 0.6) is 0 Å². The van der Waals surface area contributed by atoms with Crippen molar-refractivity contribution in [3.05, 3.63) is 0 Å². The number of hydrogen-bond acceptors (Lipinski definition) is 12. The van der Waals surface area contributed by atoms with Crippen LogP contribution in [-0.4, -0.2) is 136 Å². The summed E-state index contributed by atoms with van der Waals surface area (Å²) in [6.45, 7) is 3.46. The second-order valence-electron chi connectivity index (χ2n) is 13.5. The first-order valence-electron chi connectivity index (χ1n) is 20.0. The average Bonchev–Trinajstić information content (AvgIpc) is 3.15. The Kier molecular flexibility index (Phi) is 34.5. The minimum absolute atomic E-state index is 0.0375. The van der Waals surface area contributed by atoms with Gasteiger partial charge in [0.2, 0.25) is 23.6 Å². The zero-order valence-electron chi connectivity index (χ0n) is 33.4. The molecule has 8 N–H and O–H groups in total. The van der Waals surface area contributed by atoms with Crippen LogP contribution in [0.25, 0.3) is 0 Å². The predicted molar refractivity (Wildman–Crippen MR) is 207 cm³/mol. The number of nitrogens with two attached hydrogens (primary N) is 1. The third-order valence-electron chi connectivity index (χ3n) is 8.47. The molecule has 0 spiro atoms. The molecule has 0 unspecified atom stereocenters. The Balaban J connectivity index is 3.66. The zero-order chi connectivity index (χ0) is 41.7. The van der Waals surface area contributed by atoms with Crippen LogP contribution >= 0.6 is 0 Å². The molecule has 4 amide bonds. The van der Waals surface area contributed by atoms with Crippen molar-refractivity contribution in [3.63, 3.8) is 0 Å². The summed E-state index contributed by atoms with van der Waals surface area (Å²) in [5.74, 6) is -3.27. The number of amides is 4. The molecule has 0 aliphatic heterocycles. The molecule has 0 radical (unpaired) electrons. The van der Waals surface area contributed by atoms with E-state index in [1.54, 1.807) is 0 Å². The van der Waals surface area contributed by atoms with Crippen molar-refractivity contribution in [2.75, 3.05) is 72.5 Å². The van der Waals surface area contributed by atoms with Crippen molar-refractivity contribution in [3.8, 4) is 0 Å². The van der Waals surface area contributed by atoms with E-state index in [0.717, 1.165) is 70.6 Å². The number of Topliss-reactive ketones (excluding diaryl/α,β-unsaturated/α-hetero) is 1. The Labute approximate surface area is 331 Å². The second kappa shape index (κ2) is 36.9. The first-order valence-corrected chi connectivity index (χ1v) is 20.0. The van der Waals surface area contributed by atoms with Crippen LogP contribution in [0.4, 0.5) is 0 Å². The number of unbranched alkanes of at least 4 members (excludes halogenated alkanes) is 10. The number of carbonyl (C=O) groups excluding carboxylic acids is 5. The van der Waals surface area contributed by atoms with Gasteiger partial charge in [0.05, 0.1) is 45.7 Å². The van der Waals surface area contributed by atoms with Gasteiger partial charge < -0.3 is 56.2 Å². The van der Waals surface area contributed by atoms with Crippen LogP contribution in [0, 0.1) is 0 Å². The third kappa shape index (κ3) is 36.0. The molecule has 18 nitrogen and oxygen atoms in total. The summed E-state index contributed by atoms with van der Waals surface area (Å²) in [4.78, 5) is 81.2. The Morgan fingerprint density at radius 1 is 0.500 bits per heavy atom. The van der Waals surface area contributed by atoms with E-state index in [-0.39, 0.29) is 121 Å². The van der Waals surface area contributed by atoms with E-state index in [4.69, 9.17) is 29.8 Å². The third-order valence-corrected chi connectivity index (χ3v) is 8.47. The lowest BCUT2D eigenvalue weighted by Gasteiger charge is -2.14. The monoisotopic (exact) mass is 803 g/mol. The van der Waals surface area contributed by atoms with Crippen molar-refractivity contribution in [2.45, 2.75) is 128 Å². The van der Waals surface area contributed by atoms with Crippen LogP contribution in [0.1, 0.15) is 116 Å². The lowest BCUT2D eigenvalue weighted by atomic mass is 10.0. The fraction of sp³-hybridized carbons (Fsp3) is 0.816. The molecule has 0 aromatic rings. The lowest BCUT2D eigenvalue weighted by Crippen LogP contribution is -2.41. The van der Waals surface area contributed by atoms with Crippen LogP contribution in [0.2, 0.25) is 0 Å². The zero-order valence-corrected chi connectivity index (χ0v) is 33.4. The minimum atomic E-state index is -1.20. The van der Waals surface area contributed by atoms with Gasteiger partial charge in [0.1, 0.15) is 25.0 Å². The van der Waals surface area contributed by atoms with E-state index in [2.05, 4.69) is 21.3 Å². The molecule has 18 heteroatoms. The summed E-state index contributed by atoms with van der Waals surface area (Å²) < 4.78 is 21.2. The molecule has 0 saturated carbocycles. The van der Waals surface area contributed by atoms with E-state index in [1.807, 2.05) is 0 Å². The molecule has 324 valence electrons. The molecule has 0 aromatic heterocycles. The van der Waals surface area contributed by atoms with Crippen molar-refractivity contribution < 1.29 is 62.7 Å². The smallest absolute Gasteiger partial charge is 0.326 e. The summed E-state index contributed by atoms with van der Waals surface area (Å²) in [5, 5.41) is 28.6. The summed E-state index contributed by atoms with van der Waals surface area (Å²) in [6.07, 6.45) is 12.0. The maximum atomic E-state index is 12.2. The normalized spacial score (nSPS) is 12.0. The number of ether oxygens (including phenoxy) is 4. The van der Waals surface area contributed by atoms with Gasteiger partial charge in [0.15, 0.2) is 0 Å². The van der Waals surface area contributed by atoms with Gasteiger partial charge in [-0.2, -0.15) is 0 Å². The number of carbonyl (C=O) groups is 7. The van der Waals surface area contributed by atoms with Crippen LogP contribution < -0.4 is 27.0 Å². The fourth-order valence-electron chi connectivity index (χ4n) is 5.18. The van der Waals surface area contributed by atoms with Gasteiger partial charge in [0, 0.05) is 38.9 Å². The topological polar surface area (TPSA) is 271 Å². The van der Waals surface area contributed by atoms with Crippen LogP contribution in [0.3, 0.4) is 0 Å². The number of carboxylic acid groups (broad SMARTS) is 2. The molecule has 0 aliphatic rings. The first kappa shape index (κ1) is 52.3. The van der Waals surface area contributed by atoms with Crippen molar-refractivity contribution in [2.24, 2.45) is 5.73 Å². The van der Waals surface area contributed by atoms with Crippen molar-refractivity contribution >= 4 is 41.4 Å². The first-order chi connectivity index (χ1) is 26.9. The Morgan fingerprint density at radius 3 is 1.46 bits per heavy atom. The summed E-state index contributed by atoms with van der Waals surface area (Å²) in [7, 11) is 0. The minimum Gasteiger partial charge on any atom is -0.481 e. The highest BCUT2D eigenvalue weighted by atomic mass is 16.5. The molecule has 0 rings (SSSR count). The van der Waals surface area contributed by atoms with Gasteiger partial charge in [0.25, 0.3) is 0 Å². The van der Waals surface area contributed by atoms with Gasteiger partial charge in [-0.05, 0) is 45.4 Å². The number of nitrogens with one attached hydrogen (secondary N) is 4. The van der Waals surface area contributed by atoms with Gasteiger partial charge >= 0.3 is 11.9 Å². The molecule has 2 atom stereocenters. The molecular formula is C38H69N5O13. The summed E-state index contributed by atoms with van der Waals surface area (Å²) >= 11 is 0. The molecule has 0 saturated heterocycles. The van der Waals surface area contributed by atoms with Crippen LogP contribution in [0.15, 0.2) is 0 Å². The molecule has 0 bridgehead atoms. The molecular weight excluding hydrogens is 734 g/mol. The molecule has 0 aromatic carbocycles. The van der Waals surface area contributed by atoms with Gasteiger partial charge in [-0.25, -0.2) is 4.79 Å². The number of ketones is 1. The highest BCUT2D eigenvalue weighted by molar-refractivity contribution is 5.84. The highest BCUT2D eigenvalue weighted by Crippen LogP contribution is 2.12. The number of aliphatic carboxylic acids is 2. The van der Waals surface area contributed by atoms with Crippen molar-refractivity contribution in [1.82, 2.24) is 21.3 Å². The molecule has 56 heavy (non-hydrogen) atoms. The van der Waals surface area contributed by atoms with E-state index in [0.29, 0.717) is 19.4 Å².